The van der Waals surface area contributed by atoms with E-state index in [4.69, 9.17) is 5.73 Å². The van der Waals surface area contributed by atoms with Gasteiger partial charge in [-0.3, -0.25) is 0 Å². The molecule has 0 heterocycles. The molecule has 1 rings (SSSR count). The van der Waals surface area contributed by atoms with Gasteiger partial charge in [-0.2, -0.15) is 0 Å². The first-order valence-electron chi connectivity index (χ1n) is 5.68. The predicted molar refractivity (Wildman–Crippen MR) is 61.7 cm³/mol. The van der Waals surface area contributed by atoms with E-state index >= 15 is 0 Å². The van der Waals surface area contributed by atoms with Gasteiger partial charge in [0.1, 0.15) is 0 Å². The molecule has 0 aromatic carbocycles. The molecule has 14 heavy (non-hydrogen) atoms. The number of nitrogens with zero attached hydrogens (tertiary/aromatic N) is 1. The van der Waals surface area contributed by atoms with Crippen LogP contribution in [0.5, 0.6) is 0 Å². The van der Waals surface area contributed by atoms with Gasteiger partial charge in [-0.15, -0.1) is 0 Å². The number of hydrogen-bond donors (Lipinski definition) is 1. The molecule has 2 nitrogen and oxygen atoms in total. The van der Waals surface area contributed by atoms with Gasteiger partial charge in [0.2, 0.25) is 0 Å². The molecule has 0 aromatic rings. The van der Waals surface area contributed by atoms with Crippen LogP contribution in [0.2, 0.25) is 0 Å². The van der Waals surface area contributed by atoms with Crippen LogP contribution < -0.4 is 5.73 Å². The smallest absolute Gasteiger partial charge is 0.0172 e. The minimum atomic E-state index is 1.02. The molecule has 0 atom stereocenters. The summed E-state index contributed by atoms with van der Waals surface area (Å²) in [5.74, 6) is 0. The van der Waals surface area contributed by atoms with Gasteiger partial charge in [0.25, 0.3) is 0 Å². The van der Waals surface area contributed by atoms with Crippen LogP contribution in [0.15, 0.2) is 23.5 Å². The van der Waals surface area contributed by atoms with Crippen LogP contribution in [0, 0.1) is 0 Å². The van der Waals surface area contributed by atoms with Gasteiger partial charge in [0, 0.05) is 24.5 Å². The van der Waals surface area contributed by atoms with Crippen LogP contribution in [0.25, 0.3) is 0 Å². The van der Waals surface area contributed by atoms with Crippen molar-refractivity contribution < 1.29 is 0 Å². The van der Waals surface area contributed by atoms with Crippen molar-refractivity contribution in [3.05, 3.63) is 23.5 Å². The summed E-state index contributed by atoms with van der Waals surface area (Å²) < 4.78 is 0. The molecular formula is C12H22N2. The molecule has 0 spiro atoms. The highest BCUT2D eigenvalue weighted by molar-refractivity contribution is 5.21. The van der Waals surface area contributed by atoms with E-state index in [-0.39, 0.29) is 0 Å². The summed E-state index contributed by atoms with van der Waals surface area (Å²) in [5.41, 5.74) is 8.22. The third-order valence-corrected chi connectivity index (χ3v) is 2.55. The zero-order valence-corrected chi connectivity index (χ0v) is 9.42. The molecule has 1 aliphatic rings. The van der Waals surface area contributed by atoms with Crippen LogP contribution in [0.3, 0.4) is 0 Å². The van der Waals surface area contributed by atoms with E-state index in [9.17, 15) is 0 Å². The Morgan fingerprint density at radius 3 is 2.21 bits per heavy atom. The fourth-order valence-electron chi connectivity index (χ4n) is 1.84. The Morgan fingerprint density at radius 1 is 1.14 bits per heavy atom. The second-order valence-corrected chi connectivity index (χ2v) is 3.89. The quantitative estimate of drug-likeness (QED) is 0.729. The van der Waals surface area contributed by atoms with Crippen molar-refractivity contribution >= 4 is 0 Å². The van der Waals surface area contributed by atoms with Crippen molar-refractivity contribution in [1.29, 1.82) is 0 Å². The highest BCUT2D eigenvalue weighted by Crippen LogP contribution is 2.19. The molecule has 2 N–H and O–H groups in total. The fourth-order valence-corrected chi connectivity index (χ4v) is 1.84. The van der Waals surface area contributed by atoms with E-state index in [0.717, 1.165) is 18.5 Å². The summed E-state index contributed by atoms with van der Waals surface area (Å²) in [6.07, 6.45) is 8.81. The van der Waals surface area contributed by atoms with E-state index in [1.165, 1.54) is 31.6 Å². The van der Waals surface area contributed by atoms with Gasteiger partial charge in [0.05, 0.1) is 0 Å². The van der Waals surface area contributed by atoms with Crippen molar-refractivity contribution in [2.75, 3.05) is 13.1 Å². The second-order valence-electron chi connectivity index (χ2n) is 3.89. The molecule has 0 aliphatic heterocycles. The average Bonchev–Trinajstić information content (AvgIpc) is 2.19. The van der Waals surface area contributed by atoms with E-state index in [1.807, 2.05) is 0 Å². The molecule has 80 valence electrons. The number of nitrogens with two attached hydrogens (primary N) is 1. The van der Waals surface area contributed by atoms with Gasteiger partial charge < -0.3 is 10.6 Å². The van der Waals surface area contributed by atoms with E-state index in [1.54, 1.807) is 0 Å². The molecule has 2 heteroatoms. The molecule has 0 amide bonds. The lowest BCUT2D eigenvalue weighted by atomic mass is 10.1. The van der Waals surface area contributed by atoms with Gasteiger partial charge in [-0.25, -0.2) is 0 Å². The highest BCUT2D eigenvalue weighted by atomic mass is 15.1. The Hall–Kier alpha value is -0.920. The topological polar surface area (TPSA) is 29.3 Å². The summed E-state index contributed by atoms with van der Waals surface area (Å²) in [7, 11) is 0. The average molecular weight is 194 g/mol. The normalized spacial score (nSPS) is 16.1. The first-order chi connectivity index (χ1) is 6.77. The van der Waals surface area contributed by atoms with Crippen LogP contribution in [-0.4, -0.2) is 18.0 Å². The number of allylic oxidation sites excluding steroid dienone is 4. The largest absolute Gasteiger partial charge is 0.402 e. The molecule has 1 aliphatic carbocycles. The van der Waals surface area contributed by atoms with E-state index in [0.29, 0.717) is 0 Å². The Labute approximate surface area is 87.5 Å². The Bertz CT molecular complexity index is 222. The van der Waals surface area contributed by atoms with Crippen molar-refractivity contribution in [3.8, 4) is 0 Å². The number of hydrogen-bond acceptors (Lipinski definition) is 2. The SMILES string of the molecule is CCCN(CCC)C1=CC=C(N)CC1. The Morgan fingerprint density at radius 2 is 1.79 bits per heavy atom. The number of rotatable bonds is 5. The molecule has 0 saturated carbocycles. The van der Waals surface area contributed by atoms with Crippen LogP contribution in [-0.2, 0) is 0 Å². The van der Waals surface area contributed by atoms with Crippen molar-refractivity contribution in [2.24, 2.45) is 5.73 Å². The second kappa shape index (κ2) is 5.74. The van der Waals surface area contributed by atoms with Crippen LogP contribution in [0.4, 0.5) is 0 Å². The van der Waals surface area contributed by atoms with Gasteiger partial charge in [-0.05, 0) is 37.8 Å². The third kappa shape index (κ3) is 3.09. The molecular weight excluding hydrogens is 172 g/mol. The lowest BCUT2D eigenvalue weighted by molar-refractivity contribution is 0.331. The molecule has 0 saturated heterocycles. The van der Waals surface area contributed by atoms with Crippen molar-refractivity contribution in [1.82, 2.24) is 4.90 Å². The summed E-state index contributed by atoms with van der Waals surface area (Å²) in [6, 6.07) is 0. The molecule has 0 aromatic heterocycles. The van der Waals surface area contributed by atoms with E-state index < -0.39 is 0 Å². The highest BCUT2D eigenvalue weighted by Gasteiger charge is 2.10. The van der Waals surface area contributed by atoms with Crippen LogP contribution in [0.1, 0.15) is 39.5 Å². The van der Waals surface area contributed by atoms with E-state index in [2.05, 4.69) is 30.9 Å². The maximum Gasteiger partial charge on any atom is 0.0172 e. The van der Waals surface area contributed by atoms with Crippen LogP contribution >= 0.6 is 0 Å². The van der Waals surface area contributed by atoms with Crippen molar-refractivity contribution in [3.63, 3.8) is 0 Å². The zero-order chi connectivity index (χ0) is 10.4. The molecule has 0 radical (unpaired) electrons. The zero-order valence-electron chi connectivity index (χ0n) is 9.42. The monoisotopic (exact) mass is 194 g/mol. The maximum absolute atomic E-state index is 5.74. The predicted octanol–water partition coefficient (Wildman–Crippen LogP) is 2.63. The Kier molecular flexibility index (Phi) is 4.57. The van der Waals surface area contributed by atoms with Gasteiger partial charge in [0.15, 0.2) is 0 Å². The van der Waals surface area contributed by atoms with Gasteiger partial charge >= 0.3 is 0 Å². The lowest BCUT2D eigenvalue weighted by Gasteiger charge is -2.28. The standard InChI is InChI=1S/C12H22N2/c1-3-9-14(10-4-2)12-7-5-11(13)6-8-12/h5,7H,3-4,6,8-10,13H2,1-2H3. The minimum absolute atomic E-state index is 1.02. The minimum Gasteiger partial charge on any atom is -0.402 e. The molecule has 0 unspecified atom stereocenters. The van der Waals surface area contributed by atoms with Crippen molar-refractivity contribution in [2.45, 2.75) is 39.5 Å². The third-order valence-electron chi connectivity index (χ3n) is 2.55. The lowest BCUT2D eigenvalue weighted by Crippen LogP contribution is -2.26. The Balaban J connectivity index is 2.58. The fraction of sp³-hybridized carbons (Fsp3) is 0.667. The maximum atomic E-state index is 5.74. The summed E-state index contributed by atoms with van der Waals surface area (Å²) in [4.78, 5) is 2.49. The summed E-state index contributed by atoms with van der Waals surface area (Å²) in [5, 5.41) is 0. The molecule has 0 fully saturated rings. The summed E-state index contributed by atoms with van der Waals surface area (Å²) in [6.45, 7) is 6.81. The van der Waals surface area contributed by atoms with Gasteiger partial charge in [-0.1, -0.05) is 13.8 Å². The first-order valence-corrected chi connectivity index (χ1v) is 5.68. The summed E-state index contributed by atoms with van der Waals surface area (Å²) >= 11 is 0. The first kappa shape index (κ1) is 11.2. The molecule has 0 bridgehead atoms.